The van der Waals surface area contributed by atoms with Crippen molar-refractivity contribution >= 4 is 29.5 Å². The summed E-state index contributed by atoms with van der Waals surface area (Å²) in [7, 11) is 0. The molecule has 1 aliphatic heterocycles. The van der Waals surface area contributed by atoms with Gasteiger partial charge in [0.1, 0.15) is 6.04 Å². The molecule has 2 aromatic carbocycles. The first kappa shape index (κ1) is 42.1. The lowest BCUT2D eigenvalue weighted by Crippen LogP contribution is -2.54. The second kappa shape index (κ2) is 18.8. The van der Waals surface area contributed by atoms with Crippen molar-refractivity contribution in [3.05, 3.63) is 71.3 Å². The van der Waals surface area contributed by atoms with E-state index in [1.54, 1.807) is 30.3 Å². The fourth-order valence-corrected chi connectivity index (χ4v) is 4.46. The lowest BCUT2D eigenvalue weighted by atomic mass is 9.99. The van der Waals surface area contributed by atoms with Crippen molar-refractivity contribution in [2.75, 3.05) is 13.1 Å². The number of alkyl halides is 6. The van der Waals surface area contributed by atoms with Gasteiger partial charge < -0.3 is 32.1 Å². The van der Waals surface area contributed by atoms with Crippen LogP contribution < -0.4 is 27.0 Å². The number of rotatable bonds is 16. The first-order valence-corrected chi connectivity index (χ1v) is 15.6. The van der Waals surface area contributed by atoms with Gasteiger partial charge in [-0.2, -0.15) is 26.3 Å². The molecule has 3 atom stereocenters. The number of hydrogen-bond acceptors (Lipinski definition) is 8. The number of amides is 5. The Morgan fingerprint density at radius 1 is 0.824 bits per heavy atom. The molecule has 13 nitrogen and oxygen atoms in total. The van der Waals surface area contributed by atoms with E-state index in [2.05, 4.69) is 40.0 Å². The highest BCUT2D eigenvalue weighted by Gasteiger charge is 2.65. The van der Waals surface area contributed by atoms with Crippen molar-refractivity contribution in [1.82, 2.24) is 21.3 Å². The summed E-state index contributed by atoms with van der Waals surface area (Å²) in [6, 6.07) is 9.94. The van der Waals surface area contributed by atoms with Gasteiger partial charge in [-0.05, 0) is 17.5 Å². The summed E-state index contributed by atoms with van der Waals surface area (Å²) in [6.45, 7) is 2.73. The molecule has 0 saturated carbocycles. The number of benzene rings is 2. The number of nitrogens with zero attached hydrogens (tertiary/aromatic N) is 2. The molecule has 5 amide bonds. The molecular formula is C32H39F6N7O6. The summed E-state index contributed by atoms with van der Waals surface area (Å²) in [5.74, 6) is -4.64. The maximum absolute atomic E-state index is 13.3. The Bertz CT molecular complexity index is 1530. The van der Waals surface area contributed by atoms with E-state index in [0.717, 1.165) is 12.1 Å². The highest BCUT2D eigenvalue weighted by atomic mass is 19.4. The number of primary amides is 1. The van der Waals surface area contributed by atoms with Crippen LogP contribution in [0.4, 0.5) is 26.3 Å². The molecule has 1 aliphatic rings. The van der Waals surface area contributed by atoms with Gasteiger partial charge in [0.05, 0.1) is 25.6 Å². The highest BCUT2D eigenvalue weighted by Crippen LogP contribution is 2.52. The standard InChI is InChI=1S/C29H31F6N7O6.C3H8/c30-28(31,32)25(47)19(9-10-21(36)43)39-24(46)15-38-26(48)20(12-16-5-2-1-3-6-16)40-23(45)14-37-22(44)13-17-7-4-8-18(11-17)27(41-42-27)29(33,34)35;1-3-2/h1-8,11,19-20,25,47H,9-10,12-15H2,(H2,36,43)(H,37,44)(H,38,48)(H,39,46)(H,40,45);3H2,1-2H3. The second-order valence-electron chi connectivity index (χ2n) is 11.4. The van der Waals surface area contributed by atoms with Crippen LogP contribution in [-0.2, 0) is 42.5 Å². The maximum Gasteiger partial charge on any atom is 0.442 e. The predicted molar refractivity (Wildman–Crippen MR) is 169 cm³/mol. The summed E-state index contributed by atoms with van der Waals surface area (Å²) in [4.78, 5) is 61.5. The van der Waals surface area contributed by atoms with E-state index in [0.29, 0.717) is 5.56 Å². The molecule has 0 spiro atoms. The third-order valence-electron chi connectivity index (χ3n) is 6.96. The molecule has 1 heterocycles. The quantitative estimate of drug-likeness (QED) is 0.143. The minimum Gasteiger partial charge on any atom is -0.382 e. The Balaban J connectivity index is 0.00000290. The maximum atomic E-state index is 13.3. The first-order valence-electron chi connectivity index (χ1n) is 15.6. The smallest absolute Gasteiger partial charge is 0.382 e. The number of halogens is 6. The molecule has 0 saturated heterocycles. The zero-order valence-electron chi connectivity index (χ0n) is 27.6. The zero-order valence-corrected chi connectivity index (χ0v) is 27.6. The van der Waals surface area contributed by atoms with Crippen LogP contribution in [0.3, 0.4) is 0 Å². The third kappa shape index (κ3) is 13.6. The Morgan fingerprint density at radius 2 is 1.39 bits per heavy atom. The van der Waals surface area contributed by atoms with Gasteiger partial charge in [0.25, 0.3) is 0 Å². The van der Waals surface area contributed by atoms with Crippen LogP contribution in [0.5, 0.6) is 0 Å². The fraction of sp³-hybridized carbons (Fsp3) is 0.469. The lowest BCUT2D eigenvalue weighted by Gasteiger charge is -2.26. The van der Waals surface area contributed by atoms with Gasteiger partial charge in [0.2, 0.25) is 29.5 Å². The molecule has 0 bridgehead atoms. The van der Waals surface area contributed by atoms with Gasteiger partial charge in [0.15, 0.2) is 6.10 Å². The molecule has 3 rings (SSSR count). The molecule has 7 N–H and O–H groups in total. The van der Waals surface area contributed by atoms with E-state index < -0.39 is 98.1 Å². The van der Waals surface area contributed by atoms with Crippen molar-refractivity contribution in [2.24, 2.45) is 16.0 Å². The van der Waals surface area contributed by atoms with Crippen molar-refractivity contribution in [3.8, 4) is 0 Å². The molecule has 19 heteroatoms. The number of carbonyl (C=O) groups excluding carboxylic acids is 5. The van der Waals surface area contributed by atoms with Crippen LogP contribution in [0.25, 0.3) is 0 Å². The van der Waals surface area contributed by atoms with E-state index in [9.17, 15) is 55.4 Å². The number of nitrogens with one attached hydrogen (secondary N) is 4. The topological polar surface area (TPSA) is 204 Å². The Morgan fingerprint density at radius 3 is 1.94 bits per heavy atom. The van der Waals surface area contributed by atoms with Gasteiger partial charge in [-0.1, -0.05) is 74.9 Å². The molecular weight excluding hydrogens is 692 g/mol. The monoisotopic (exact) mass is 731 g/mol. The largest absolute Gasteiger partial charge is 0.442 e. The van der Waals surface area contributed by atoms with E-state index in [-0.39, 0.29) is 17.5 Å². The Kier molecular flexibility index (Phi) is 15.5. The molecule has 0 aromatic heterocycles. The Labute approximate surface area is 288 Å². The molecule has 0 aliphatic carbocycles. The minimum absolute atomic E-state index is 0.105. The van der Waals surface area contributed by atoms with Crippen LogP contribution in [0.1, 0.15) is 49.8 Å². The van der Waals surface area contributed by atoms with Crippen molar-refractivity contribution < 1.29 is 55.4 Å². The van der Waals surface area contributed by atoms with Crippen LogP contribution in [0.2, 0.25) is 0 Å². The number of aliphatic hydroxyl groups excluding tert-OH is 1. The SMILES string of the molecule is CCC.NC(=O)CCC(NC(=O)CNC(=O)C(Cc1ccccc1)NC(=O)CNC(=O)Cc1cccc(C2(C(F)(F)F)N=N2)c1)C(O)C(F)(F)F. The van der Waals surface area contributed by atoms with Gasteiger partial charge in [0, 0.05) is 18.4 Å². The second-order valence-corrected chi connectivity index (χ2v) is 11.4. The van der Waals surface area contributed by atoms with Crippen molar-refractivity contribution in [1.29, 1.82) is 0 Å². The van der Waals surface area contributed by atoms with Crippen LogP contribution in [-0.4, -0.2) is 78.3 Å². The van der Waals surface area contributed by atoms with Gasteiger partial charge in [-0.15, -0.1) is 10.2 Å². The number of aliphatic hydroxyl groups is 1. The molecule has 3 unspecified atom stereocenters. The van der Waals surface area contributed by atoms with Crippen LogP contribution in [0.15, 0.2) is 64.8 Å². The zero-order chi connectivity index (χ0) is 38.4. The number of nitrogens with two attached hydrogens (primary N) is 1. The van der Waals surface area contributed by atoms with Crippen molar-refractivity contribution in [2.45, 2.75) is 82.2 Å². The predicted octanol–water partition coefficient (Wildman–Crippen LogP) is 2.46. The van der Waals surface area contributed by atoms with Gasteiger partial charge in [-0.25, -0.2) is 0 Å². The average molecular weight is 732 g/mol. The normalized spacial score (nSPS) is 14.8. The number of carbonyl (C=O) groups is 5. The summed E-state index contributed by atoms with van der Waals surface area (Å²) in [5.41, 5.74) is 2.75. The van der Waals surface area contributed by atoms with E-state index >= 15 is 0 Å². The summed E-state index contributed by atoms with van der Waals surface area (Å²) in [6.07, 6.45) is -13.4. The molecule has 0 radical (unpaired) electrons. The third-order valence-corrected chi connectivity index (χ3v) is 6.96. The molecule has 51 heavy (non-hydrogen) atoms. The van der Waals surface area contributed by atoms with E-state index in [1.165, 1.54) is 18.6 Å². The van der Waals surface area contributed by atoms with Crippen LogP contribution in [0, 0.1) is 0 Å². The average Bonchev–Trinajstić information content (AvgIpc) is 3.87. The first-order chi connectivity index (χ1) is 23.8. The van der Waals surface area contributed by atoms with Gasteiger partial charge >= 0.3 is 18.0 Å². The molecule has 280 valence electrons. The van der Waals surface area contributed by atoms with E-state index in [4.69, 9.17) is 5.73 Å². The summed E-state index contributed by atoms with van der Waals surface area (Å²) < 4.78 is 79.1. The summed E-state index contributed by atoms with van der Waals surface area (Å²) in [5, 5.41) is 24.6. The highest BCUT2D eigenvalue weighted by molar-refractivity contribution is 5.92. The van der Waals surface area contributed by atoms with Crippen molar-refractivity contribution in [3.63, 3.8) is 0 Å². The fourth-order valence-electron chi connectivity index (χ4n) is 4.46. The Hall–Kier alpha value is -5.07. The number of hydrogen-bond donors (Lipinski definition) is 6. The molecule has 0 fully saturated rings. The molecule has 2 aromatic rings. The van der Waals surface area contributed by atoms with Gasteiger partial charge in [-0.3, -0.25) is 24.0 Å². The van der Waals surface area contributed by atoms with Crippen LogP contribution >= 0.6 is 0 Å². The van der Waals surface area contributed by atoms with E-state index in [1.807, 2.05) is 5.32 Å². The lowest BCUT2D eigenvalue weighted by molar-refractivity contribution is -0.212. The minimum atomic E-state index is -5.14. The summed E-state index contributed by atoms with van der Waals surface area (Å²) >= 11 is 0.